The van der Waals surface area contributed by atoms with E-state index in [9.17, 15) is 18.8 Å². The molecule has 2 aromatic rings. The molecule has 0 aromatic heterocycles. The number of carbonyl (C=O) groups is 3. The molecule has 2 aromatic carbocycles. The van der Waals surface area contributed by atoms with Crippen LogP contribution in [-0.4, -0.2) is 55.5 Å². The van der Waals surface area contributed by atoms with Gasteiger partial charge in [-0.3, -0.25) is 14.4 Å². The van der Waals surface area contributed by atoms with Crippen molar-refractivity contribution in [2.45, 2.75) is 18.9 Å². The second-order valence-electron chi connectivity index (χ2n) is 6.96. The largest absolute Gasteiger partial charge is 0.383 e. The Kier molecular flexibility index (Phi) is 7.13. The number of amides is 3. The molecule has 1 aliphatic rings. The number of carbonyl (C=O) groups excluding carboxylic acids is 3. The highest BCUT2D eigenvalue weighted by Crippen LogP contribution is 2.22. The second-order valence-corrected chi connectivity index (χ2v) is 6.96. The molecule has 30 heavy (non-hydrogen) atoms. The van der Waals surface area contributed by atoms with Gasteiger partial charge in [0.25, 0.3) is 11.8 Å². The van der Waals surface area contributed by atoms with Gasteiger partial charge in [-0.1, -0.05) is 18.2 Å². The zero-order valence-corrected chi connectivity index (χ0v) is 16.7. The molecule has 0 saturated carbocycles. The summed E-state index contributed by atoms with van der Waals surface area (Å²) in [7, 11) is 1.55. The molecule has 0 unspecified atom stereocenters. The summed E-state index contributed by atoms with van der Waals surface area (Å²) in [5.74, 6) is -1.72. The molecule has 1 aliphatic heterocycles. The molecule has 3 rings (SSSR count). The number of hydrogen-bond donors (Lipinski definition) is 2. The van der Waals surface area contributed by atoms with Crippen molar-refractivity contribution in [1.82, 2.24) is 10.2 Å². The lowest BCUT2D eigenvalue weighted by molar-refractivity contribution is -0.125. The molecule has 1 atom stereocenters. The number of halogens is 1. The van der Waals surface area contributed by atoms with Crippen LogP contribution in [0.4, 0.5) is 10.1 Å². The molecule has 0 spiro atoms. The van der Waals surface area contributed by atoms with Crippen LogP contribution in [0.1, 0.15) is 33.6 Å². The van der Waals surface area contributed by atoms with Crippen molar-refractivity contribution in [3.05, 3.63) is 65.5 Å². The molecule has 0 aliphatic carbocycles. The van der Waals surface area contributed by atoms with E-state index in [1.165, 1.54) is 24.3 Å². The Morgan fingerprint density at radius 3 is 2.73 bits per heavy atom. The highest BCUT2D eigenvalue weighted by molar-refractivity contribution is 6.05. The Morgan fingerprint density at radius 1 is 1.17 bits per heavy atom. The fraction of sp³-hybridized carbons (Fsp3) is 0.318. The van der Waals surface area contributed by atoms with Gasteiger partial charge in [0.15, 0.2) is 0 Å². The predicted molar refractivity (Wildman–Crippen MR) is 110 cm³/mol. The van der Waals surface area contributed by atoms with Crippen molar-refractivity contribution in [2.24, 2.45) is 0 Å². The highest BCUT2D eigenvalue weighted by Gasteiger charge is 2.34. The monoisotopic (exact) mass is 413 g/mol. The van der Waals surface area contributed by atoms with E-state index in [0.717, 1.165) is 6.42 Å². The Morgan fingerprint density at radius 2 is 1.97 bits per heavy atom. The van der Waals surface area contributed by atoms with Crippen LogP contribution in [-0.2, 0) is 9.53 Å². The minimum Gasteiger partial charge on any atom is -0.383 e. The maximum atomic E-state index is 13.8. The minimum atomic E-state index is -0.623. The van der Waals surface area contributed by atoms with Crippen LogP contribution in [0.5, 0.6) is 0 Å². The Balaban J connectivity index is 1.70. The lowest BCUT2D eigenvalue weighted by Crippen LogP contribution is -2.46. The first-order chi connectivity index (χ1) is 14.5. The summed E-state index contributed by atoms with van der Waals surface area (Å²) in [6.07, 6.45) is 1.33. The average Bonchev–Trinajstić information content (AvgIpc) is 3.24. The van der Waals surface area contributed by atoms with Crippen molar-refractivity contribution < 1.29 is 23.5 Å². The number of likely N-dealkylation sites (tertiary alicyclic amines) is 1. The molecule has 1 fully saturated rings. The standard InChI is InChI=1S/C22H24FN3O4/c1-30-13-11-24-21(28)19-10-5-12-26(19)22(29)15-6-4-7-16(14-15)25-20(27)17-8-2-3-9-18(17)23/h2-4,6-9,14,19H,5,10-13H2,1H3,(H,24,28)(H,25,27)/t19-/m0/s1. The van der Waals surface area contributed by atoms with Crippen LogP contribution in [0.2, 0.25) is 0 Å². The van der Waals surface area contributed by atoms with Crippen LogP contribution >= 0.6 is 0 Å². The van der Waals surface area contributed by atoms with E-state index >= 15 is 0 Å². The third-order valence-electron chi connectivity index (χ3n) is 4.91. The van der Waals surface area contributed by atoms with Gasteiger partial charge in [-0.05, 0) is 43.2 Å². The van der Waals surface area contributed by atoms with Crippen molar-refractivity contribution in [3.63, 3.8) is 0 Å². The number of benzene rings is 2. The van der Waals surface area contributed by atoms with Gasteiger partial charge in [-0.25, -0.2) is 4.39 Å². The lowest BCUT2D eigenvalue weighted by Gasteiger charge is -2.24. The van der Waals surface area contributed by atoms with E-state index in [1.807, 2.05) is 0 Å². The van der Waals surface area contributed by atoms with Crippen molar-refractivity contribution in [1.29, 1.82) is 0 Å². The fourth-order valence-electron chi connectivity index (χ4n) is 3.42. The van der Waals surface area contributed by atoms with Gasteiger partial charge in [-0.15, -0.1) is 0 Å². The zero-order valence-electron chi connectivity index (χ0n) is 16.7. The quantitative estimate of drug-likeness (QED) is 0.683. The third kappa shape index (κ3) is 5.01. The van der Waals surface area contributed by atoms with Gasteiger partial charge in [0.2, 0.25) is 5.91 Å². The zero-order chi connectivity index (χ0) is 21.5. The molecule has 0 radical (unpaired) electrons. The number of methoxy groups -OCH3 is 1. The Labute approximate surface area is 174 Å². The molecule has 2 N–H and O–H groups in total. The molecule has 1 heterocycles. The SMILES string of the molecule is COCCNC(=O)[C@@H]1CCCN1C(=O)c1cccc(NC(=O)c2ccccc2F)c1. The molecule has 3 amide bonds. The third-order valence-corrected chi connectivity index (χ3v) is 4.91. The van der Waals surface area contributed by atoms with E-state index in [1.54, 1.807) is 36.3 Å². The summed E-state index contributed by atoms with van der Waals surface area (Å²) < 4.78 is 18.7. The van der Waals surface area contributed by atoms with Crippen LogP contribution in [0.3, 0.4) is 0 Å². The summed E-state index contributed by atoms with van der Waals surface area (Å²) in [6, 6.07) is 11.5. The van der Waals surface area contributed by atoms with E-state index in [-0.39, 0.29) is 17.4 Å². The molecule has 8 heteroatoms. The van der Waals surface area contributed by atoms with E-state index < -0.39 is 17.8 Å². The van der Waals surface area contributed by atoms with Crippen LogP contribution < -0.4 is 10.6 Å². The van der Waals surface area contributed by atoms with Crippen molar-refractivity contribution in [2.75, 3.05) is 32.1 Å². The number of anilines is 1. The summed E-state index contributed by atoms with van der Waals surface area (Å²) in [4.78, 5) is 39.3. The minimum absolute atomic E-state index is 0.0819. The second kappa shape index (κ2) is 9.98. The van der Waals surface area contributed by atoms with Gasteiger partial charge in [0.1, 0.15) is 11.9 Å². The van der Waals surface area contributed by atoms with Gasteiger partial charge in [-0.2, -0.15) is 0 Å². The fourth-order valence-corrected chi connectivity index (χ4v) is 3.42. The number of rotatable bonds is 7. The average molecular weight is 413 g/mol. The van der Waals surface area contributed by atoms with Crippen molar-refractivity contribution in [3.8, 4) is 0 Å². The van der Waals surface area contributed by atoms with E-state index in [0.29, 0.717) is 37.4 Å². The molecular formula is C22H24FN3O4. The molecule has 0 bridgehead atoms. The summed E-state index contributed by atoms with van der Waals surface area (Å²) >= 11 is 0. The number of nitrogens with one attached hydrogen (secondary N) is 2. The summed E-state index contributed by atoms with van der Waals surface area (Å²) in [6.45, 7) is 1.26. The van der Waals surface area contributed by atoms with Crippen LogP contribution in [0, 0.1) is 5.82 Å². The highest BCUT2D eigenvalue weighted by atomic mass is 19.1. The molecular weight excluding hydrogens is 389 g/mol. The summed E-state index contributed by atoms with van der Waals surface area (Å²) in [5, 5.41) is 5.38. The van der Waals surface area contributed by atoms with Crippen LogP contribution in [0.15, 0.2) is 48.5 Å². The molecule has 158 valence electrons. The smallest absolute Gasteiger partial charge is 0.258 e. The maximum absolute atomic E-state index is 13.8. The maximum Gasteiger partial charge on any atom is 0.258 e. The Bertz CT molecular complexity index is 934. The first-order valence-corrected chi connectivity index (χ1v) is 9.75. The molecule has 1 saturated heterocycles. The van der Waals surface area contributed by atoms with Crippen LogP contribution in [0.25, 0.3) is 0 Å². The summed E-state index contributed by atoms with van der Waals surface area (Å²) in [5.41, 5.74) is 0.633. The topological polar surface area (TPSA) is 87.7 Å². The van der Waals surface area contributed by atoms with Gasteiger partial charge < -0.3 is 20.3 Å². The first kappa shape index (κ1) is 21.4. The number of ether oxygens (including phenoxy) is 1. The normalized spacial score (nSPS) is 15.7. The van der Waals surface area contributed by atoms with E-state index in [2.05, 4.69) is 10.6 Å². The van der Waals surface area contributed by atoms with Gasteiger partial charge >= 0.3 is 0 Å². The number of hydrogen-bond acceptors (Lipinski definition) is 4. The Hall–Kier alpha value is -3.26. The molecule has 7 nitrogen and oxygen atoms in total. The van der Waals surface area contributed by atoms with Crippen molar-refractivity contribution >= 4 is 23.4 Å². The lowest BCUT2D eigenvalue weighted by atomic mass is 10.1. The van der Waals surface area contributed by atoms with Gasteiger partial charge in [0.05, 0.1) is 12.2 Å². The number of nitrogens with zero attached hydrogens (tertiary/aromatic N) is 1. The predicted octanol–water partition coefficient (Wildman–Crippen LogP) is 2.45. The van der Waals surface area contributed by atoms with Gasteiger partial charge in [0, 0.05) is 31.5 Å². The first-order valence-electron chi connectivity index (χ1n) is 9.75. The van der Waals surface area contributed by atoms with E-state index in [4.69, 9.17) is 4.74 Å².